The van der Waals surface area contributed by atoms with E-state index < -0.39 is 0 Å². The van der Waals surface area contributed by atoms with Crippen molar-refractivity contribution >= 4 is 16.7 Å². The molecule has 3 aromatic carbocycles. The lowest BCUT2D eigenvalue weighted by Gasteiger charge is -2.23. The molecule has 1 aliphatic heterocycles. The first-order valence-corrected chi connectivity index (χ1v) is 10.8. The summed E-state index contributed by atoms with van der Waals surface area (Å²) in [5.41, 5.74) is 2.76. The Bertz CT molecular complexity index is 1230. The number of aromatic nitrogens is 1. The highest BCUT2D eigenvalue weighted by Crippen LogP contribution is 2.33. The van der Waals surface area contributed by atoms with E-state index in [-0.39, 0.29) is 12.7 Å². The third-order valence-corrected chi connectivity index (χ3v) is 5.71. The fourth-order valence-corrected chi connectivity index (χ4v) is 4.07. The summed E-state index contributed by atoms with van der Waals surface area (Å²) >= 11 is 0. The highest BCUT2D eigenvalue weighted by molar-refractivity contribution is 6.05. The van der Waals surface area contributed by atoms with Gasteiger partial charge in [0.25, 0.3) is 5.91 Å². The number of nitrogens with zero attached hydrogens (tertiary/aromatic N) is 2. The van der Waals surface area contributed by atoms with Crippen LogP contribution < -0.4 is 9.47 Å². The molecule has 0 spiro atoms. The van der Waals surface area contributed by atoms with Crippen LogP contribution in [0.2, 0.25) is 0 Å². The SMILES string of the molecule is O=C(c1nccc2ccccc12)N(CCCc1ccccc1)Cc1ccc2c(c1)OCO2. The van der Waals surface area contributed by atoms with Crippen LogP contribution in [-0.4, -0.2) is 29.1 Å². The van der Waals surface area contributed by atoms with Crippen molar-refractivity contribution in [3.05, 3.63) is 102 Å². The number of amides is 1. The number of aryl methyl sites for hydroxylation is 1. The number of pyridine rings is 1. The van der Waals surface area contributed by atoms with Gasteiger partial charge in [0.15, 0.2) is 11.5 Å². The van der Waals surface area contributed by atoms with Crippen LogP contribution in [0.5, 0.6) is 11.5 Å². The molecule has 2 heterocycles. The molecule has 0 fully saturated rings. The molecular weight excluding hydrogens is 400 g/mol. The van der Waals surface area contributed by atoms with Crippen LogP contribution in [0.3, 0.4) is 0 Å². The molecule has 160 valence electrons. The van der Waals surface area contributed by atoms with Crippen LogP contribution in [0.25, 0.3) is 10.8 Å². The Morgan fingerprint density at radius 2 is 1.69 bits per heavy atom. The van der Waals surface area contributed by atoms with Crippen LogP contribution >= 0.6 is 0 Å². The second kappa shape index (κ2) is 9.10. The summed E-state index contributed by atoms with van der Waals surface area (Å²) in [5, 5.41) is 1.89. The van der Waals surface area contributed by atoms with Crippen molar-refractivity contribution in [1.82, 2.24) is 9.88 Å². The van der Waals surface area contributed by atoms with E-state index in [1.165, 1.54) is 5.56 Å². The minimum absolute atomic E-state index is 0.0625. The van der Waals surface area contributed by atoms with E-state index in [4.69, 9.17) is 9.47 Å². The molecule has 1 aliphatic rings. The molecule has 0 saturated carbocycles. The number of carbonyl (C=O) groups is 1. The zero-order chi connectivity index (χ0) is 21.8. The number of hydrogen-bond acceptors (Lipinski definition) is 4. The first-order valence-electron chi connectivity index (χ1n) is 10.8. The lowest BCUT2D eigenvalue weighted by atomic mass is 10.1. The van der Waals surface area contributed by atoms with Gasteiger partial charge in [-0.15, -0.1) is 0 Å². The number of carbonyl (C=O) groups excluding carboxylic acids is 1. The van der Waals surface area contributed by atoms with Crippen LogP contribution in [0.1, 0.15) is 28.0 Å². The summed E-state index contributed by atoms with van der Waals surface area (Å²) in [5.74, 6) is 1.40. The average Bonchev–Trinajstić information content (AvgIpc) is 3.31. The smallest absolute Gasteiger partial charge is 0.273 e. The van der Waals surface area contributed by atoms with Crippen LogP contribution in [0.4, 0.5) is 0 Å². The molecule has 5 nitrogen and oxygen atoms in total. The molecule has 0 atom stereocenters. The van der Waals surface area contributed by atoms with Gasteiger partial charge in [0.05, 0.1) is 0 Å². The van der Waals surface area contributed by atoms with Crippen molar-refractivity contribution in [3.8, 4) is 11.5 Å². The Balaban J connectivity index is 1.40. The van der Waals surface area contributed by atoms with Gasteiger partial charge in [-0.25, -0.2) is 0 Å². The lowest BCUT2D eigenvalue weighted by molar-refractivity contribution is 0.0737. The molecule has 0 radical (unpaired) electrons. The maximum Gasteiger partial charge on any atom is 0.273 e. The monoisotopic (exact) mass is 424 g/mol. The standard InChI is InChI=1S/C27H24N2O3/c30-27(26-23-11-5-4-10-22(23)14-15-28-26)29(16-6-9-20-7-2-1-3-8-20)18-21-12-13-24-25(17-21)32-19-31-24/h1-5,7-8,10-15,17H,6,9,16,18-19H2. The second-order valence-electron chi connectivity index (χ2n) is 7.88. The minimum Gasteiger partial charge on any atom is -0.454 e. The predicted molar refractivity (Wildman–Crippen MR) is 124 cm³/mol. The Kier molecular flexibility index (Phi) is 5.71. The van der Waals surface area contributed by atoms with Gasteiger partial charge in [-0.1, -0.05) is 60.7 Å². The summed E-state index contributed by atoms with van der Waals surface area (Å²) in [4.78, 5) is 20.0. The number of fused-ring (bicyclic) bond motifs is 2. The predicted octanol–water partition coefficient (Wildman–Crippen LogP) is 5.24. The Morgan fingerprint density at radius 3 is 2.59 bits per heavy atom. The molecule has 5 rings (SSSR count). The molecule has 0 aliphatic carbocycles. The first-order chi connectivity index (χ1) is 15.8. The Hall–Kier alpha value is -3.86. The van der Waals surface area contributed by atoms with E-state index >= 15 is 0 Å². The van der Waals surface area contributed by atoms with Crippen LogP contribution in [-0.2, 0) is 13.0 Å². The van der Waals surface area contributed by atoms with Crippen molar-refractivity contribution in [2.45, 2.75) is 19.4 Å². The minimum atomic E-state index is -0.0625. The van der Waals surface area contributed by atoms with Crippen molar-refractivity contribution in [2.24, 2.45) is 0 Å². The maximum atomic E-state index is 13.6. The fraction of sp³-hybridized carbons (Fsp3) is 0.185. The van der Waals surface area contributed by atoms with Crippen molar-refractivity contribution in [2.75, 3.05) is 13.3 Å². The van der Waals surface area contributed by atoms with E-state index in [0.717, 1.165) is 40.7 Å². The average molecular weight is 425 g/mol. The van der Waals surface area contributed by atoms with Gasteiger partial charge in [0, 0.05) is 24.7 Å². The van der Waals surface area contributed by atoms with Crippen molar-refractivity contribution < 1.29 is 14.3 Å². The second-order valence-corrected chi connectivity index (χ2v) is 7.88. The van der Waals surface area contributed by atoms with Gasteiger partial charge < -0.3 is 14.4 Å². The van der Waals surface area contributed by atoms with E-state index in [0.29, 0.717) is 18.8 Å². The number of benzene rings is 3. The molecule has 0 bridgehead atoms. The zero-order valence-corrected chi connectivity index (χ0v) is 17.7. The van der Waals surface area contributed by atoms with Crippen molar-refractivity contribution in [3.63, 3.8) is 0 Å². The molecular formula is C27H24N2O3. The normalized spacial score (nSPS) is 12.1. The van der Waals surface area contributed by atoms with E-state index in [9.17, 15) is 4.79 Å². The first kappa shape index (κ1) is 20.1. The van der Waals surface area contributed by atoms with Crippen molar-refractivity contribution in [1.29, 1.82) is 0 Å². The largest absolute Gasteiger partial charge is 0.454 e. The van der Waals surface area contributed by atoms with Gasteiger partial charge in [-0.3, -0.25) is 9.78 Å². The summed E-state index contributed by atoms with van der Waals surface area (Å²) in [7, 11) is 0. The molecule has 4 aromatic rings. The summed E-state index contributed by atoms with van der Waals surface area (Å²) in [6.45, 7) is 1.35. The van der Waals surface area contributed by atoms with Gasteiger partial charge in [0.2, 0.25) is 6.79 Å². The Morgan fingerprint density at radius 1 is 0.875 bits per heavy atom. The molecule has 32 heavy (non-hydrogen) atoms. The maximum absolute atomic E-state index is 13.6. The lowest BCUT2D eigenvalue weighted by Crippen LogP contribution is -2.32. The number of rotatable bonds is 7. The van der Waals surface area contributed by atoms with Crippen LogP contribution in [0.15, 0.2) is 85.1 Å². The van der Waals surface area contributed by atoms with Gasteiger partial charge in [0.1, 0.15) is 5.69 Å². The quantitative estimate of drug-likeness (QED) is 0.407. The van der Waals surface area contributed by atoms with Gasteiger partial charge in [-0.2, -0.15) is 0 Å². The zero-order valence-electron chi connectivity index (χ0n) is 17.7. The Labute approximate surface area is 187 Å². The molecule has 0 N–H and O–H groups in total. The molecule has 0 unspecified atom stereocenters. The number of ether oxygens (including phenoxy) is 2. The topological polar surface area (TPSA) is 51.7 Å². The molecule has 0 saturated heterocycles. The van der Waals surface area contributed by atoms with E-state index in [1.54, 1.807) is 6.20 Å². The van der Waals surface area contributed by atoms with Crippen LogP contribution in [0, 0.1) is 0 Å². The third kappa shape index (κ3) is 4.28. The molecule has 1 aromatic heterocycles. The summed E-state index contributed by atoms with van der Waals surface area (Å²) < 4.78 is 10.9. The van der Waals surface area contributed by atoms with Gasteiger partial charge >= 0.3 is 0 Å². The fourth-order valence-electron chi connectivity index (χ4n) is 4.07. The van der Waals surface area contributed by atoms with E-state index in [2.05, 4.69) is 17.1 Å². The summed E-state index contributed by atoms with van der Waals surface area (Å²) in [6.07, 6.45) is 3.48. The number of hydrogen-bond donors (Lipinski definition) is 0. The molecule has 5 heteroatoms. The van der Waals surface area contributed by atoms with E-state index in [1.807, 2.05) is 71.6 Å². The highest BCUT2D eigenvalue weighted by Gasteiger charge is 2.21. The molecule has 1 amide bonds. The highest BCUT2D eigenvalue weighted by atomic mass is 16.7. The van der Waals surface area contributed by atoms with Gasteiger partial charge in [-0.05, 0) is 47.6 Å². The summed E-state index contributed by atoms with van der Waals surface area (Å²) in [6, 6.07) is 26.0. The third-order valence-electron chi connectivity index (χ3n) is 5.71.